The molecule has 0 radical (unpaired) electrons. The summed E-state index contributed by atoms with van der Waals surface area (Å²) in [5.74, 6) is -2.62. The Morgan fingerprint density at radius 2 is 1.94 bits per heavy atom. The summed E-state index contributed by atoms with van der Waals surface area (Å²) in [6, 6.07) is -0.459. The van der Waals surface area contributed by atoms with Gasteiger partial charge in [0.25, 0.3) is 0 Å². The summed E-state index contributed by atoms with van der Waals surface area (Å²) in [7, 11) is 0. The van der Waals surface area contributed by atoms with E-state index in [9.17, 15) is 22.8 Å². The maximum Gasteiger partial charge on any atom is 0.397 e. The fourth-order valence-corrected chi connectivity index (χ4v) is 2.01. The Hall–Kier alpha value is -1.27. The number of carboxylic acids is 1. The molecule has 0 heterocycles. The van der Waals surface area contributed by atoms with Crippen LogP contribution in [0.1, 0.15) is 32.1 Å². The van der Waals surface area contributed by atoms with E-state index < -0.39 is 36.4 Å². The van der Waals surface area contributed by atoms with Crippen LogP contribution in [0.4, 0.5) is 13.2 Å². The molecule has 1 rings (SSSR count). The normalized spacial score (nSPS) is 25.4. The molecule has 0 aliphatic heterocycles. The van der Waals surface area contributed by atoms with Crippen molar-refractivity contribution in [2.75, 3.05) is 0 Å². The van der Waals surface area contributed by atoms with E-state index in [1.54, 1.807) is 0 Å². The van der Waals surface area contributed by atoms with Crippen molar-refractivity contribution in [1.82, 2.24) is 5.32 Å². The standard InChI is InChI=1S/C10H14F3NO3/c11-10(12,13)5-8(15)14-7-3-1-2-6(4-7)9(16)17/h6-7H,1-5H2,(H,14,15)(H,16,17). The second-order valence-corrected chi connectivity index (χ2v) is 4.26. The first-order valence-corrected chi connectivity index (χ1v) is 5.37. The van der Waals surface area contributed by atoms with Gasteiger partial charge in [0.05, 0.1) is 5.92 Å². The van der Waals surface area contributed by atoms with Gasteiger partial charge in [-0.3, -0.25) is 9.59 Å². The number of nitrogens with one attached hydrogen (secondary N) is 1. The molecule has 0 bridgehead atoms. The molecule has 1 fully saturated rings. The van der Waals surface area contributed by atoms with Crippen molar-refractivity contribution >= 4 is 11.9 Å². The summed E-state index contributed by atoms with van der Waals surface area (Å²) in [5.41, 5.74) is 0. The molecule has 0 saturated heterocycles. The Labute approximate surface area is 96.2 Å². The van der Waals surface area contributed by atoms with Crippen LogP contribution in [0.2, 0.25) is 0 Å². The minimum absolute atomic E-state index is 0.207. The zero-order valence-corrected chi connectivity index (χ0v) is 9.09. The summed E-state index contributed by atoms with van der Waals surface area (Å²) in [6.45, 7) is 0. The lowest BCUT2D eigenvalue weighted by molar-refractivity contribution is -0.155. The third-order valence-electron chi connectivity index (χ3n) is 2.75. The van der Waals surface area contributed by atoms with Gasteiger partial charge in [-0.1, -0.05) is 6.42 Å². The van der Waals surface area contributed by atoms with E-state index in [0.717, 1.165) is 0 Å². The first-order valence-electron chi connectivity index (χ1n) is 5.37. The van der Waals surface area contributed by atoms with Gasteiger partial charge in [0, 0.05) is 6.04 Å². The van der Waals surface area contributed by atoms with E-state index in [1.807, 2.05) is 0 Å². The van der Waals surface area contributed by atoms with Crippen LogP contribution in [-0.2, 0) is 9.59 Å². The third-order valence-corrected chi connectivity index (χ3v) is 2.75. The van der Waals surface area contributed by atoms with Gasteiger partial charge in [0.1, 0.15) is 6.42 Å². The summed E-state index contributed by atoms with van der Waals surface area (Å²) in [6.07, 6.45) is -4.17. The molecule has 17 heavy (non-hydrogen) atoms. The highest BCUT2D eigenvalue weighted by Crippen LogP contribution is 2.25. The highest BCUT2D eigenvalue weighted by atomic mass is 19.4. The van der Waals surface area contributed by atoms with E-state index in [2.05, 4.69) is 5.32 Å². The molecule has 2 N–H and O–H groups in total. The van der Waals surface area contributed by atoms with E-state index in [1.165, 1.54) is 0 Å². The zero-order chi connectivity index (χ0) is 13.1. The number of rotatable bonds is 3. The number of hydrogen-bond donors (Lipinski definition) is 2. The van der Waals surface area contributed by atoms with Crippen molar-refractivity contribution < 1.29 is 27.9 Å². The SMILES string of the molecule is O=C(CC(F)(F)F)NC1CCCC(C(=O)O)C1. The Balaban J connectivity index is 2.41. The highest BCUT2D eigenvalue weighted by molar-refractivity contribution is 5.77. The van der Waals surface area contributed by atoms with Crippen molar-refractivity contribution in [1.29, 1.82) is 0 Å². The average Bonchev–Trinajstić information content (AvgIpc) is 2.14. The van der Waals surface area contributed by atoms with Crippen molar-refractivity contribution in [3.05, 3.63) is 0 Å². The lowest BCUT2D eigenvalue weighted by Gasteiger charge is -2.27. The van der Waals surface area contributed by atoms with Crippen molar-refractivity contribution in [2.24, 2.45) is 5.92 Å². The van der Waals surface area contributed by atoms with Crippen LogP contribution in [0.25, 0.3) is 0 Å². The number of carboxylic acid groups (broad SMARTS) is 1. The molecule has 2 atom stereocenters. The van der Waals surface area contributed by atoms with Crippen LogP contribution in [0.5, 0.6) is 0 Å². The van der Waals surface area contributed by atoms with Gasteiger partial charge in [0.15, 0.2) is 0 Å². The predicted molar refractivity (Wildman–Crippen MR) is 52.2 cm³/mol. The zero-order valence-electron chi connectivity index (χ0n) is 9.09. The van der Waals surface area contributed by atoms with Crippen LogP contribution in [0, 0.1) is 5.92 Å². The number of amides is 1. The van der Waals surface area contributed by atoms with Gasteiger partial charge in [-0.25, -0.2) is 0 Å². The molecule has 2 unspecified atom stereocenters. The molecule has 0 aromatic heterocycles. The molecule has 98 valence electrons. The number of hydrogen-bond acceptors (Lipinski definition) is 2. The van der Waals surface area contributed by atoms with E-state index in [0.29, 0.717) is 19.3 Å². The van der Waals surface area contributed by atoms with Gasteiger partial charge in [-0.15, -0.1) is 0 Å². The Bertz CT molecular complexity index is 304. The molecule has 1 aliphatic rings. The number of carbonyl (C=O) groups is 2. The van der Waals surface area contributed by atoms with E-state index in [-0.39, 0.29) is 6.42 Å². The lowest BCUT2D eigenvalue weighted by atomic mass is 9.86. The molecule has 1 aliphatic carbocycles. The van der Waals surface area contributed by atoms with E-state index >= 15 is 0 Å². The van der Waals surface area contributed by atoms with Gasteiger partial charge in [0.2, 0.25) is 5.91 Å². The monoisotopic (exact) mass is 253 g/mol. The highest BCUT2D eigenvalue weighted by Gasteiger charge is 2.33. The van der Waals surface area contributed by atoms with Gasteiger partial charge in [-0.2, -0.15) is 13.2 Å². The number of carbonyl (C=O) groups excluding carboxylic acids is 1. The first-order chi connectivity index (χ1) is 7.78. The fourth-order valence-electron chi connectivity index (χ4n) is 2.01. The second kappa shape index (κ2) is 5.37. The van der Waals surface area contributed by atoms with Crippen LogP contribution < -0.4 is 5.32 Å². The number of halogens is 3. The molecule has 4 nitrogen and oxygen atoms in total. The molecule has 0 aromatic carbocycles. The van der Waals surface area contributed by atoms with E-state index in [4.69, 9.17) is 5.11 Å². The average molecular weight is 253 g/mol. The lowest BCUT2D eigenvalue weighted by Crippen LogP contribution is -2.41. The van der Waals surface area contributed by atoms with Crippen molar-refractivity contribution in [2.45, 2.75) is 44.3 Å². The number of alkyl halides is 3. The molecular weight excluding hydrogens is 239 g/mol. The summed E-state index contributed by atoms with van der Waals surface area (Å²) in [5, 5.41) is 11.0. The number of aliphatic carboxylic acids is 1. The molecule has 0 aromatic rings. The summed E-state index contributed by atoms with van der Waals surface area (Å²) < 4.78 is 35.7. The van der Waals surface area contributed by atoms with Crippen LogP contribution in [0.3, 0.4) is 0 Å². The molecule has 1 amide bonds. The molecule has 1 saturated carbocycles. The van der Waals surface area contributed by atoms with Gasteiger partial charge >= 0.3 is 12.1 Å². The second-order valence-electron chi connectivity index (χ2n) is 4.26. The summed E-state index contributed by atoms with van der Waals surface area (Å²) >= 11 is 0. The van der Waals surface area contributed by atoms with Gasteiger partial charge < -0.3 is 10.4 Å². The first kappa shape index (κ1) is 13.8. The van der Waals surface area contributed by atoms with Crippen LogP contribution >= 0.6 is 0 Å². The fraction of sp³-hybridized carbons (Fsp3) is 0.800. The Morgan fingerprint density at radius 1 is 1.29 bits per heavy atom. The minimum Gasteiger partial charge on any atom is -0.481 e. The predicted octanol–water partition coefficient (Wildman–Crippen LogP) is 1.70. The molecular formula is C10H14F3NO3. The molecule has 0 spiro atoms. The van der Waals surface area contributed by atoms with Crippen LogP contribution in [-0.4, -0.2) is 29.2 Å². The molecule has 7 heteroatoms. The third kappa shape index (κ3) is 5.06. The summed E-state index contributed by atoms with van der Waals surface area (Å²) in [4.78, 5) is 21.7. The Morgan fingerprint density at radius 3 is 2.47 bits per heavy atom. The largest absolute Gasteiger partial charge is 0.481 e. The van der Waals surface area contributed by atoms with Crippen molar-refractivity contribution in [3.8, 4) is 0 Å². The topological polar surface area (TPSA) is 66.4 Å². The maximum atomic E-state index is 11.9. The van der Waals surface area contributed by atoms with Crippen molar-refractivity contribution in [3.63, 3.8) is 0 Å². The quantitative estimate of drug-likeness (QED) is 0.804. The van der Waals surface area contributed by atoms with Crippen LogP contribution in [0.15, 0.2) is 0 Å². The minimum atomic E-state index is -4.52. The van der Waals surface area contributed by atoms with Gasteiger partial charge in [-0.05, 0) is 19.3 Å². The smallest absolute Gasteiger partial charge is 0.397 e. The Kier molecular flexibility index (Phi) is 4.36. The maximum absolute atomic E-state index is 11.9.